The van der Waals surface area contributed by atoms with Crippen LogP contribution in [-0.2, 0) is 0 Å². The van der Waals surface area contributed by atoms with Crippen LogP contribution in [0, 0.1) is 0 Å². The van der Waals surface area contributed by atoms with Crippen molar-refractivity contribution in [2.75, 3.05) is 12.3 Å². The van der Waals surface area contributed by atoms with Gasteiger partial charge >= 0.3 is 0 Å². The Kier molecular flexibility index (Phi) is 6.65. The normalized spacial score (nSPS) is 13.7. The molecule has 0 saturated heterocycles. The van der Waals surface area contributed by atoms with E-state index in [4.69, 9.17) is 5.73 Å². The highest BCUT2D eigenvalue weighted by atomic mass is 32.2. The lowest BCUT2D eigenvalue weighted by molar-refractivity contribution is 0.822. The van der Waals surface area contributed by atoms with Crippen molar-refractivity contribution >= 4 is 11.8 Å². The topological polar surface area (TPSA) is 26.0 Å². The summed E-state index contributed by atoms with van der Waals surface area (Å²) in [6, 6.07) is 0. The Morgan fingerprint density at radius 3 is 2.67 bits per heavy atom. The fourth-order valence-corrected chi connectivity index (χ4v) is 1.58. The molecular formula is C7H17NS. The quantitative estimate of drug-likeness (QED) is 0.642. The van der Waals surface area contributed by atoms with Gasteiger partial charge in [-0.2, -0.15) is 11.8 Å². The summed E-state index contributed by atoms with van der Waals surface area (Å²) in [6.45, 7) is 5.28. The van der Waals surface area contributed by atoms with E-state index in [2.05, 4.69) is 13.8 Å². The van der Waals surface area contributed by atoms with E-state index in [1.807, 2.05) is 11.8 Å². The molecule has 0 aliphatic rings. The second-order valence-corrected chi connectivity index (χ2v) is 3.81. The van der Waals surface area contributed by atoms with Crippen LogP contribution >= 0.6 is 11.8 Å². The van der Waals surface area contributed by atoms with Gasteiger partial charge in [-0.3, -0.25) is 0 Å². The number of nitrogens with two attached hydrogens (primary N) is 1. The Hall–Kier alpha value is 0.310. The van der Waals surface area contributed by atoms with Crippen molar-refractivity contribution in [1.82, 2.24) is 0 Å². The van der Waals surface area contributed by atoms with Gasteiger partial charge in [0.1, 0.15) is 0 Å². The zero-order valence-electron chi connectivity index (χ0n) is 6.39. The Morgan fingerprint density at radius 1 is 1.56 bits per heavy atom. The van der Waals surface area contributed by atoms with Crippen LogP contribution in [0.15, 0.2) is 0 Å². The third kappa shape index (κ3) is 6.19. The van der Waals surface area contributed by atoms with Gasteiger partial charge < -0.3 is 5.73 Å². The Balaban J connectivity index is 2.95. The van der Waals surface area contributed by atoms with E-state index in [-0.39, 0.29) is 0 Å². The molecule has 0 amide bonds. The molecular weight excluding hydrogens is 130 g/mol. The first kappa shape index (κ1) is 9.31. The molecule has 56 valence electrons. The van der Waals surface area contributed by atoms with Crippen LogP contribution in [0.5, 0.6) is 0 Å². The highest BCUT2D eigenvalue weighted by Gasteiger charge is 1.97. The van der Waals surface area contributed by atoms with Crippen molar-refractivity contribution in [3.63, 3.8) is 0 Å². The minimum atomic E-state index is 0.759. The lowest BCUT2D eigenvalue weighted by Crippen LogP contribution is -2.07. The zero-order valence-corrected chi connectivity index (χ0v) is 7.21. The SMILES string of the molecule is CCCSC(C)CCN. The van der Waals surface area contributed by atoms with Crippen LogP contribution in [0.4, 0.5) is 0 Å². The maximum absolute atomic E-state index is 5.39. The van der Waals surface area contributed by atoms with Crippen molar-refractivity contribution in [2.45, 2.75) is 31.9 Å². The standard InChI is InChI=1S/C7H17NS/c1-3-6-9-7(2)4-5-8/h7H,3-6,8H2,1-2H3. The van der Waals surface area contributed by atoms with E-state index in [1.165, 1.54) is 12.2 Å². The molecule has 1 atom stereocenters. The number of hydrogen-bond donors (Lipinski definition) is 1. The van der Waals surface area contributed by atoms with Crippen LogP contribution in [0.3, 0.4) is 0 Å². The minimum Gasteiger partial charge on any atom is -0.330 e. The predicted molar refractivity (Wildman–Crippen MR) is 45.9 cm³/mol. The fourth-order valence-electron chi connectivity index (χ4n) is 0.637. The molecule has 0 rings (SSSR count). The molecule has 1 unspecified atom stereocenters. The molecule has 0 aromatic heterocycles. The molecule has 0 aromatic rings. The summed E-state index contributed by atoms with van der Waals surface area (Å²) in [7, 11) is 0. The molecule has 0 aliphatic heterocycles. The maximum atomic E-state index is 5.39. The molecule has 2 heteroatoms. The van der Waals surface area contributed by atoms with Crippen molar-refractivity contribution in [3.05, 3.63) is 0 Å². The van der Waals surface area contributed by atoms with Crippen LogP contribution in [-0.4, -0.2) is 17.5 Å². The molecule has 1 nitrogen and oxygen atoms in total. The monoisotopic (exact) mass is 147 g/mol. The third-order valence-corrected chi connectivity index (χ3v) is 2.63. The van der Waals surface area contributed by atoms with Crippen molar-refractivity contribution in [1.29, 1.82) is 0 Å². The van der Waals surface area contributed by atoms with E-state index >= 15 is 0 Å². The number of rotatable bonds is 5. The van der Waals surface area contributed by atoms with Gasteiger partial charge in [0.05, 0.1) is 0 Å². The van der Waals surface area contributed by atoms with Gasteiger partial charge in [0.25, 0.3) is 0 Å². The largest absolute Gasteiger partial charge is 0.330 e. The van der Waals surface area contributed by atoms with E-state index in [1.54, 1.807) is 0 Å². The van der Waals surface area contributed by atoms with E-state index < -0.39 is 0 Å². The predicted octanol–water partition coefficient (Wildman–Crippen LogP) is 1.87. The smallest absolute Gasteiger partial charge is 0.00307 e. The second-order valence-electron chi connectivity index (χ2n) is 2.26. The Bertz CT molecular complexity index is 56.9. The summed E-state index contributed by atoms with van der Waals surface area (Å²) < 4.78 is 0. The number of thioether (sulfide) groups is 1. The molecule has 0 fully saturated rings. The summed E-state index contributed by atoms with van der Waals surface area (Å²) in [5, 5.41) is 0.759. The van der Waals surface area contributed by atoms with E-state index in [0.717, 1.165) is 18.2 Å². The average Bonchev–Trinajstić information content (AvgIpc) is 1.85. The van der Waals surface area contributed by atoms with Crippen LogP contribution in [0.2, 0.25) is 0 Å². The molecule has 0 bridgehead atoms. The molecule has 0 spiro atoms. The molecule has 0 heterocycles. The van der Waals surface area contributed by atoms with Crippen LogP contribution in [0.1, 0.15) is 26.7 Å². The Morgan fingerprint density at radius 2 is 2.22 bits per heavy atom. The third-order valence-electron chi connectivity index (χ3n) is 1.18. The summed E-state index contributed by atoms with van der Waals surface area (Å²) in [5.41, 5.74) is 5.39. The molecule has 9 heavy (non-hydrogen) atoms. The van der Waals surface area contributed by atoms with Gasteiger partial charge in [-0.25, -0.2) is 0 Å². The van der Waals surface area contributed by atoms with E-state index in [9.17, 15) is 0 Å². The molecule has 0 aromatic carbocycles. The summed E-state index contributed by atoms with van der Waals surface area (Å²) in [6.07, 6.45) is 2.43. The first-order valence-corrected chi connectivity index (χ1v) is 4.67. The van der Waals surface area contributed by atoms with Gasteiger partial charge in [0.15, 0.2) is 0 Å². The van der Waals surface area contributed by atoms with Crippen molar-refractivity contribution < 1.29 is 0 Å². The fraction of sp³-hybridized carbons (Fsp3) is 1.00. The van der Waals surface area contributed by atoms with Crippen LogP contribution < -0.4 is 5.73 Å². The number of hydrogen-bond acceptors (Lipinski definition) is 2. The lowest BCUT2D eigenvalue weighted by Gasteiger charge is -2.06. The highest BCUT2D eigenvalue weighted by molar-refractivity contribution is 7.99. The average molecular weight is 147 g/mol. The van der Waals surface area contributed by atoms with Crippen molar-refractivity contribution in [3.8, 4) is 0 Å². The van der Waals surface area contributed by atoms with Gasteiger partial charge in [-0.05, 0) is 25.1 Å². The molecule has 0 aliphatic carbocycles. The molecule has 0 saturated carbocycles. The highest BCUT2D eigenvalue weighted by Crippen LogP contribution is 2.13. The van der Waals surface area contributed by atoms with Gasteiger partial charge in [0.2, 0.25) is 0 Å². The second kappa shape index (κ2) is 6.43. The molecule has 2 N–H and O–H groups in total. The first-order chi connectivity index (χ1) is 4.31. The minimum absolute atomic E-state index is 0.759. The Labute approximate surface area is 62.4 Å². The van der Waals surface area contributed by atoms with Gasteiger partial charge in [0, 0.05) is 5.25 Å². The summed E-state index contributed by atoms with van der Waals surface area (Å²) in [5.74, 6) is 1.28. The lowest BCUT2D eigenvalue weighted by atomic mass is 10.3. The zero-order chi connectivity index (χ0) is 7.11. The summed E-state index contributed by atoms with van der Waals surface area (Å²) in [4.78, 5) is 0. The van der Waals surface area contributed by atoms with Gasteiger partial charge in [-0.15, -0.1) is 0 Å². The maximum Gasteiger partial charge on any atom is 0.00307 e. The van der Waals surface area contributed by atoms with Crippen molar-refractivity contribution in [2.24, 2.45) is 5.73 Å². The summed E-state index contributed by atoms with van der Waals surface area (Å²) >= 11 is 2.02. The molecule has 0 radical (unpaired) electrons. The first-order valence-electron chi connectivity index (χ1n) is 3.63. The van der Waals surface area contributed by atoms with Crippen LogP contribution in [0.25, 0.3) is 0 Å². The van der Waals surface area contributed by atoms with E-state index in [0.29, 0.717) is 0 Å². The van der Waals surface area contributed by atoms with Gasteiger partial charge in [-0.1, -0.05) is 13.8 Å².